The van der Waals surface area contributed by atoms with Crippen LogP contribution in [0.3, 0.4) is 0 Å². The van der Waals surface area contributed by atoms with E-state index in [1.807, 2.05) is 59.5 Å². The van der Waals surface area contributed by atoms with Crippen LogP contribution >= 0.6 is 0 Å². The number of rotatable bonds is 4. The van der Waals surface area contributed by atoms with Gasteiger partial charge in [0.25, 0.3) is 5.69 Å². The molecule has 1 N–H and O–H groups in total. The number of amides is 1. The first-order chi connectivity index (χ1) is 18.6. The van der Waals surface area contributed by atoms with Crippen molar-refractivity contribution in [3.63, 3.8) is 0 Å². The van der Waals surface area contributed by atoms with Crippen LogP contribution in [0.5, 0.6) is 0 Å². The molecular weight excluding hydrogens is 494 g/mol. The van der Waals surface area contributed by atoms with Crippen molar-refractivity contribution in [3.8, 4) is 0 Å². The zero-order valence-corrected chi connectivity index (χ0v) is 21.8. The van der Waals surface area contributed by atoms with Crippen molar-refractivity contribution in [2.24, 2.45) is 11.3 Å². The van der Waals surface area contributed by atoms with Gasteiger partial charge in [-0.3, -0.25) is 24.5 Å². The van der Waals surface area contributed by atoms with Gasteiger partial charge in [-0.25, -0.2) is 0 Å². The topological polar surface area (TPSA) is 110 Å². The minimum Gasteiger partial charge on any atom is -0.352 e. The average molecular weight is 522 g/mol. The van der Waals surface area contributed by atoms with Gasteiger partial charge < -0.3 is 10.2 Å². The number of ketones is 2. The predicted molar refractivity (Wildman–Crippen MR) is 148 cm³/mol. The summed E-state index contributed by atoms with van der Waals surface area (Å²) in [5, 5.41) is 14.5. The third kappa shape index (κ3) is 3.40. The second kappa shape index (κ2) is 8.46. The number of fused-ring (bicyclic) bond motifs is 6. The first-order valence-electron chi connectivity index (χ1n) is 12.9. The largest absolute Gasteiger partial charge is 0.352 e. The van der Waals surface area contributed by atoms with Crippen molar-refractivity contribution >= 4 is 40.6 Å². The number of hydrogen-bond acceptors (Lipinski definition) is 6. The summed E-state index contributed by atoms with van der Waals surface area (Å²) >= 11 is 0. The van der Waals surface area contributed by atoms with E-state index < -0.39 is 39.5 Å². The maximum atomic E-state index is 14.6. The molecule has 8 nitrogen and oxygen atoms in total. The second-order valence-electron chi connectivity index (χ2n) is 11.3. The lowest BCUT2D eigenvalue weighted by atomic mass is 9.63. The summed E-state index contributed by atoms with van der Waals surface area (Å²) in [6.07, 6.45) is 3.85. The molecule has 3 aliphatic heterocycles. The van der Waals surface area contributed by atoms with Crippen LogP contribution in [0.25, 0.3) is 6.08 Å². The summed E-state index contributed by atoms with van der Waals surface area (Å²) in [5.41, 5.74) is 0.461. The van der Waals surface area contributed by atoms with Crippen molar-refractivity contribution in [3.05, 3.63) is 106 Å². The smallest absolute Gasteiger partial charge is 0.270 e. The van der Waals surface area contributed by atoms with Gasteiger partial charge in [0.2, 0.25) is 5.91 Å². The van der Waals surface area contributed by atoms with E-state index in [1.54, 1.807) is 26.8 Å². The fourth-order valence-electron chi connectivity index (χ4n) is 6.52. The van der Waals surface area contributed by atoms with Gasteiger partial charge >= 0.3 is 0 Å². The van der Waals surface area contributed by atoms with E-state index in [9.17, 15) is 24.5 Å². The van der Waals surface area contributed by atoms with Gasteiger partial charge in [0.15, 0.2) is 11.6 Å². The Morgan fingerprint density at radius 1 is 1.00 bits per heavy atom. The fourth-order valence-corrected chi connectivity index (χ4v) is 6.52. The minimum atomic E-state index is -1.44. The van der Waals surface area contributed by atoms with Crippen LogP contribution in [0.15, 0.2) is 78.9 Å². The van der Waals surface area contributed by atoms with E-state index in [0.717, 1.165) is 11.3 Å². The van der Waals surface area contributed by atoms with Gasteiger partial charge in [0.1, 0.15) is 11.5 Å². The summed E-state index contributed by atoms with van der Waals surface area (Å²) in [5.74, 6) is -2.17. The quantitative estimate of drug-likeness (QED) is 0.288. The first kappa shape index (κ1) is 24.7. The van der Waals surface area contributed by atoms with Crippen LogP contribution in [0, 0.1) is 21.4 Å². The van der Waals surface area contributed by atoms with Crippen molar-refractivity contribution in [2.75, 3.05) is 10.2 Å². The summed E-state index contributed by atoms with van der Waals surface area (Å²) in [7, 11) is 0. The molecule has 1 fully saturated rings. The molecule has 1 amide bonds. The standard InChI is InChI=1S/C31H27N3O5/c1-30(2,3)28(36)26-25(27(35)19-10-8-11-20(17-19)34(38)39)31(21-12-5-6-13-22(21)32-29(31)37)24-16-15-18-9-4-7-14-23(18)33(24)26/h4-17,24-26H,1-3H3,(H,32,37)/t24-,25+,26-,31-/m1/s1. The monoisotopic (exact) mass is 521 g/mol. The predicted octanol–water partition coefficient (Wildman–Crippen LogP) is 5.18. The van der Waals surface area contributed by atoms with E-state index in [-0.39, 0.29) is 22.9 Å². The first-order valence-corrected chi connectivity index (χ1v) is 12.9. The molecule has 4 atom stereocenters. The third-order valence-corrected chi connectivity index (χ3v) is 8.17. The van der Waals surface area contributed by atoms with E-state index in [0.29, 0.717) is 11.3 Å². The molecule has 0 aliphatic carbocycles. The highest BCUT2D eigenvalue weighted by molar-refractivity contribution is 6.17. The van der Waals surface area contributed by atoms with Crippen LogP contribution in [-0.2, 0) is 15.0 Å². The molecule has 8 heteroatoms. The number of nitrogens with one attached hydrogen (secondary N) is 1. The molecule has 0 bridgehead atoms. The highest BCUT2D eigenvalue weighted by Gasteiger charge is 2.70. The van der Waals surface area contributed by atoms with Crippen LogP contribution in [-0.4, -0.2) is 34.5 Å². The molecule has 3 heterocycles. The highest BCUT2D eigenvalue weighted by atomic mass is 16.6. The molecule has 39 heavy (non-hydrogen) atoms. The Morgan fingerprint density at radius 3 is 2.46 bits per heavy atom. The van der Waals surface area contributed by atoms with E-state index >= 15 is 0 Å². The van der Waals surface area contributed by atoms with Gasteiger partial charge in [-0.05, 0) is 23.3 Å². The van der Waals surface area contributed by atoms with Crippen molar-refractivity contribution in [1.82, 2.24) is 0 Å². The number of Topliss-reactive ketones (excluding diaryl/α,β-unsaturated/α-hetero) is 2. The van der Waals surface area contributed by atoms with E-state index in [1.165, 1.54) is 24.3 Å². The zero-order chi connectivity index (χ0) is 27.7. The maximum Gasteiger partial charge on any atom is 0.270 e. The zero-order valence-electron chi connectivity index (χ0n) is 21.8. The normalized spacial score (nSPS) is 24.6. The number of nitrogens with zero attached hydrogens (tertiary/aromatic N) is 2. The molecule has 196 valence electrons. The Morgan fingerprint density at radius 2 is 1.72 bits per heavy atom. The van der Waals surface area contributed by atoms with E-state index in [4.69, 9.17) is 0 Å². The Bertz CT molecular complexity index is 1600. The summed E-state index contributed by atoms with van der Waals surface area (Å²) in [4.78, 5) is 56.1. The number of non-ortho nitro benzene ring substituents is 1. The number of nitro groups is 1. The number of nitro benzene ring substituents is 1. The van der Waals surface area contributed by atoms with Crippen molar-refractivity contribution < 1.29 is 19.3 Å². The molecule has 3 aromatic rings. The Labute approximate surface area is 225 Å². The average Bonchev–Trinajstić information content (AvgIpc) is 3.40. The lowest BCUT2D eigenvalue weighted by Gasteiger charge is -2.38. The number of para-hydroxylation sites is 2. The number of benzene rings is 3. The summed E-state index contributed by atoms with van der Waals surface area (Å²) in [6.45, 7) is 5.41. The summed E-state index contributed by atoms with van der Waals surface area (Å²) in [6, 6.07) is 18.8. The van der Waals surface area contributed by atoms with Gasteiger partial charge in [-0.2, -0.15) is 0 Å². The Balaban J connectivity index is 1.68. The minimum absolute atomic E-state index is 0.0922. The third-order valence-electron chi connectivity index (χ3n) is 8.17. The fraction of sp³-hybridized carbons (Fsp3) is 0.258. The highest BCUT2D eigenvalue weighted by Crippen LogP contribution is 2.58. The van der Waals surface area contributed by atoms with Gasteiger partial charge in [0.05, 0.1) is 16.9 Å². The molecule has 3 aromatic carbocycles. The maximum absolute atomic E-state index is 14.6. The number of anilines is 2. The second-order valence-corrected chi connectivity index (χ2v) is 11.3. The Hall–Kier alpha value is -4.59. The number of hydrogen-bond donors (Lipinski definition) is 1. The van der Waals surface area contributed by atoms with Crippen LogP contribution < -0.4 is 10.2 Å². The molecule has 6 rings (SSSR count). The molecule has 1 spiro atoms. The Kier molecular flexibility index (Phi) is 5.36. The molecule has 3 aliphatic rings. The van der Waals surface area contributed by atoms with Crippen LogP contribution in [0.4, 0.5) is 17.1 Å². The van der Waals surface area contributed by atoms with E-state index in [2.05, 4.69) is 5.32 Å². The van der Waals surface area contributed by atoms with Crippen LogP contribution in [0.1, 0.15) is 42.3 Å². The molecule has 1 saturated heterocycles. The van der Waals surface area contributed by atoms with Gasteiger partial charge in [-0.15, -0.1) is 0 Å². The lowest BCUT2D eigenvalue weighted by Crippen LogP contribution is -2.51. The number of carbonyl (C=O) groups is 3. The molecule has 0 saturated carbocycles. The lowest BCUT2D eigenvalue weighted by molar-refractivity contribution is -0.384. The SMILES string of the molecule is CC(C)(C)C(=O)[C@H]1[C@@H](C(=O)c2cccc([N+](=O)[O-])c2)[C@]2(C(=O)Nc3ccccc32)[C@H]2C=Cc3ccccc3N12. The van der Waals surface area contributed by atoms with Crippen molar-refractivity contribution in [2.45, 2.75) is 38.3 Å². The molecule has 0 radical (unpaired) electrons. The van der Waals surface area contributed by atoms with Crippen LogP contribution in [0.2, 0.25) is 0 Å². The molecule has 0 aromatic heterocycles. The van der Waals surface area contributed by atoms with Crippen molar-refractivity contribution in [1.29, 1.82) is 0 Å². The summed E-state index contributed by atoms with van der Waals surface area (Å²) < 4.78 is 0. The van der Waals surface area contributed by atoms with Gasteiger partial charge in [0, 0.05) is 34.5 Å². The van der Waals surface area contributed by atoms with Gasteiger partial charge in [-0.1, -0.05) is 81.5 Å². The molecular formula is C31H27N3O5. The number of carbonyl (C=O) groups excluding carboxylic acids is 3. The molecule has 0 unspecified atom stereocenters.